The molecule has 0 spiro atoms. The summed E-state index contributed by atoms with van der Waals surface area (Å²) in [7, 11) is 1.35. The Balaban J connectivity index is 2.04. The summed E-state index contributed by atoms with van der Waals surface area (Å²) in [6.45, 7) is 2.35. The Morgan fingerprint density at radius 2 is 1.77 bits per heavy atom. The van der Waals surface area contributed by atoms with E-state index in [4.69, 9.17) is 4.74 Å². The molecule has 0 aromatic heterocycles. The summed E-state index contributed by atoms with van der Waals surface area (Å²) in [5, 5.41) is 10.2. The summed E-state index contributed by atoms with van der Waals surface area (Å²) in [6.07, 6.45) is 1.82. The molecular weight excluding hydrogens is 280 g/mol. The number of ether oxygens (including phenoxy) is 2. The second-order valence-electron chi connectivity index (χ2n) is 4.98. The zero-order chi connectivity index (χ0) is 15.9. The minimum absolute atomic E-state index is 0.279. The number of methoxy groups -OCH3 is 1. The second-order valence-corrected chi connectivity index (χ2v) is 4.98. The van der Waals surface area contributed by atoms with Crippen molar-refractivity contribution >= 4 is 5.97 Å². The van der Waals surface area contributed by atoms with Crippen LogP contribution in [0.1, 0.15) is 34.8 Å². The molecule has 0 fully saturated rings. The van der Waals surface area contributed by atoms with Crippen LogP contribution in [-0.2, 0) is 17.8 Å². The van der Waals surface area contributed by atoms with Crippen molar-refractivity contribution in [2.24, 2.45) is 0 Å². The number of carbonyl (C=O) groups is 1. The zero-order valence-corrected chi connectivity index (χ0v) is 12.8. The summed E-state index contributed by atoms with van der Waals surface area (Å²) in [4.78, 5) is 11.4. The molecule has 0 unspecified atom stereocenters. The van der Waals surface area contributed by atoms with Crippen molar-refractivity contribution in [2.75, 3.05) is 7.11 Å². The summed E-state index contributed by atoms with van der Waals surface area (Å²) in [5.41, 5.74) is 2.16. The number of para-hydroxylation sites is 1. The van der Waals surface area contributed by atoms with Gasteiger partial charge in [0.25, 0.3) is 0 Å². The average molecular weight is 300 g/mol. The lowest BCUT2D eigenvalue weighted by Gasteiger charge is -2.11. The van der Waals surface area contributed by atoms with Crippen molar-refractivity contribution in [3.63, 3.8) is 0 Å². The fourth-order valence-electron chi connectivity index (χ4n) is 2.20. The van der Waals surface area contributed by atoms with Crippen LogP contribution in [0.15, 0.2) is 42.5 Å². The average Bonchev–Trinajstić information content (AvgIpc) is 2.55. The van der Waals surface area contributed by atoms with E-state index in [1.807, 2.05) is 18.2 Å². The number of phenols is 1. The molecule has 4 heteroatoms. The highest BCUT2D eigenvalue weighted by atomic mass is 16.5. The van der Waals surface area contributed by atoms with Gasteiger partial charge in [0.15, 0.2) is 0 Å². The molecule has 116 valence electrons. The Labute approximate surface area is 130 Å². The minimum Gasteiger partial charge on any atom is -0.507 e. The maximum Gasteiger partial charge on any atom is 0.337 e. The van der Waals surface area contributed by atoms with E-state index in [9.17, 15) is 9.90 Å². The molecule has 0 radical (unpaired) electrons. The maximum atomic E-state index is 11.4. The van der Waals surface area contributed by atoms with Crippen LogP contribution in [0, 0.1) is 0 Å². The van der Waals surface area contributed by atoms with Gasteiger partial charge in [-0.05, 0) is 36.2 Å². The Kier molecular flexibility index (Phi) is 5.42. The molecule has 0 aliphatic carbocycles. The summed E-state index contributed by atoms with van der Waals surface area (Å²) in [5.74, 6) is 0.555. The van der Waals surface area contributed by atoms with Gasteiger partial charge in [-0.25, -0.2) is 4.79 Å². The van der Waals surface area contributed by atoms with Gasteiger partial charge in [-0.1, -0.05) is 31.5 Å². The highest BCUT2D eigenvalue weighted by molar-refractivity contribution is 5.89. The van der Waals surface area contributed by atoms with Gasteiger partial charge in [0.1, 0.15) is 18.1 Å². The molecule has 1 N–H and O–H groups in total. The third kappa shape index (κ3) is 3.79. The van der Waals surface area contributed by atoms with Crippen molar-refractivity contribution in [1.82, 2.24) is 0 Å². The van der Waals surface area contributed by atoms with Gasteiger partial charge in [-0.15, -0.1) is 0 Å². The standard InChI is InChI=1S/C18H20O4/c1-3-5-13-6-4-7-15(17(13)19)12-22-16-10-8-14(9-11-16)18(20)21-2/h4,6-11,19H,3,5,12H2,1-2H3. The van der Waals surface area contributed by atoms with Crippen LogP contribution < -0.4 is 4.74 Å². The summed E-state index contributed by atoms with van der Waals surface area (Å²) in [6, 6.07) is 12.4. The fourth-order valence-corrected chi connectivity index (χ4v) is 2.20. The van der Waals surface area contributed by atoms with Gasteiger partial charge in [0.05, 0.1) is 12.7 Å². The van der Waals surface area contributed by atoms with Gasteiger partial charge in [-0.2, -0.15) is 0 Å². The van der Waals surface area contributed by atoms with E-state index < -0.39 is 0 Å². The quantitative estimate of drug-likeness (QED) is 0.826. The molecule has 0 saturated carbocycles. The molecule has 22 heavy (non-hydrogen) atoms. The lowest BCUT2D eigenvalue weighted by atomic mass is 10.1. The largest absolute Gasteiger partial charge is 0.507 e. The van der Waals surface area contributed by atoms with Crippen LogP contribution in [0.5, 0.6) is 11.5 Å². The molecule has 0 aliphatic heterocycles. The molecule has 0 saturated heterocycles. The van der Waals surface area contributed by atoms with Crippen LogP contribution in [0.3, 0.4) is 0 Å². The van der Waals surface area contributed by atoms with E-state index in [0.717, 1.165) is 24.0 Å². The number of esters is 1. The minimum atomic E-state index is -0.378. The predicted molar refractivity (Wildman–Crippen MR) is 84.2 cm³/mol. The Morgan fingerprint density at radius 3 is 2.41 bits per heavy atom. The molecule has 2 aromatic rings. The lowest BCUT2D eigenvalue weighted by molar-refractivity contribution is 0.0600. The topological polar surface area (TPSA) is 55.8 Å². The van der Waals surface area contributed by atoms with Crippen molar-refractivity contribution in [3.05, 3.63) is 59.2 Å². The number of hydrogen-bond donors (Lipinski definition) is 1. The molecule has 0 atom stereocenters. The number of carbonyl (C=O) groups excluding carboxylic acids is 1. The van der Waals surface area contributed by atoms with Crippen molar-refractivity contribution in [2.45, 2.75) is 26.4 Å². The Bertz CT molecular complexity index is 632. The van der Waals surface area contributed by atoms with Crippen molar-refractivity contribution in [3.8, 4) is 11.5 Å². The fraction of sp³-hybridized carbons (Fsp3) is 0.278. The molecule has 2 aromatic carbocycles. The highest BCUT2D eigenvalue weighted by Crippen LogP contribution is 2.25. The van der Waals surface area contributed by atoms with Crippen LogP contribution in [-0.4, -0.2) is 18.2 Å². The van der Waals surface area contributed by atoms with Crippen LogP contribution >= 0.6 is 0 Å². The molecule has 0 bridgehead atoms. The second kappa shape index (κ2) is 7.50. The SMILES string of the molecule is CCCc1cccc(COc2ccc(C(=O)OC)cc2)c1O. The third-order valence-electron chi connectivity index (χ3n) is 3.39. The first kappa shape index (κ1) is 15.9. The first-order valence-corrected chi connectivity index (χ1v) is 7.26. The summed E-state index contributed by atoms with van der Waals surface area (Å²) < 4.78 is 10.3. The number of rotatable bonds is 6. The Hall–Kier alpha value is -2.49. The number of aryl methyl sites for hydroxylation is 1. The summed E-state index contributed by atoms with van der Waals surface area (Å²) >= 11 is 0. The normalized spacial score (nSPS) is 10.3. The zero-order valence-electron chi connectivity index (χ0n) is 12.8. The smallest absolute Gasteiger partial charge is 0.337 e. The molecule has 0 amide bonds. The maximum absolute atomic E-state index is 11.4. The monoisotopic (exact) mass is 300 g/mol. The van der Waals surface area contributed by atoms with Crippen molar-refractivity contribution in [1.29, 1.82) is 0 Å². The molecule has 0 aliphatic rings. The molecule has 2 rings (SSSR count). The first-order chi connectivity index (χ1) is 10.7. The first-order valence-electron chi connectivity index (χ1n) is 7.26. The van der Waals surface area contributed by atoms with E-state index in [-0.39, 0.29) is 12.6 Å². The highest BCUT2D eigenvalue weighted by Gasteiger charge is 2.08. The number of benzene rings is 2. The van der Waals surface area contributed by atoms with Crippen LogP contribution in [0.2, 0.25) is 0 Å². The lowest BCUT2D eigenvalue weighted by Crippen LogP contribution is -2.01. The van der Waals surface area contributed by atoms with Crippen LogP contribution in [0.4, 0.5) is 0 Å². The molecular formula is C18H20O4. The van der Waals surface area contributed by atoms with Gasteiger partial charge in [-0.3, -0.25) is 0 Å². The molecule has 4 nitrogen and oxygen atoms in total. The van der Waals surface area contributed by atoms with E-state index >= 15 is 0 Å². The molecule has 0 heterocycles. The van der Waals surface area contributed by atoms with Gasteiger partial charge < -0.3 is 14.6 Å². The number of phenolic OH excluding ortho intramolecular Hbond substituents is 1. The van der Waals surface area contributed by atoms with E-state index in [1.54, 1.807) is 24.3 Å². The number of aromatic hydroxyl groups is 1. The third-order valence-corrected chi connectivity index (χ3v) is 3.39. The van der Waals surface area contributed by atoms with Gasteiger partial charge >= 0.3 is 5.97 Å². The van der Waals surface area contributed by atoms with E-state index in [0.29, 0.717) is 17.1 Å². The van der Waals surface area contributed by atoms with Crippen molar-refractivity contribution < 1.29 is 19.4 Å². The predicted octanol–water partition coefficient (Wildman–Crippen LogP) is 3.71. The van der Waals surface area contributed by atoms with Gasteiger partial charge in [0.2, 0.25) is 0 Å². The van der Waals surface area contributed by atoms with Crippen LogP contribution in [0.25, 0.3) is 0 Å². The van der Waals surface area contributed by atoms with E-state index in [1.165, 1.54) is 7.11 Å². The Morgan fingerprint density at radius 1 is 1.09 bits per heavy atom. The van der Waals surface area contributed by atoms with Gasteiger partial charge in [0, 0.05) is 5.56 Å². The van der Waals surface area contributed by atoms with E-state index in [2.05, 4.69) is 11.7 Å². The number of hydrogen-bond acceptors (Lipinski definition) is 4.